The van der Waals surface area contributed by atoms with Crippen LogP contribution in [-0.4, -0.2) is 28.7 Å². The number of aromatic nitrogens is 2. The number of halogens is 1. The highest BCUT2D eigenvalue weighted by Crippen LogP contribution is 2.15. The van der Waals surface area contributed by atoms with Crippen LogP contribution in [0.3, 0.4) is 0 Å². The number of amides is 2. The zero-order valence-electron chi connectivity index (χ0n) is 14.8. The van der Waals surface area contributed by atoms with E-state index in [0.29, 0.717) is 13.2 Å². The minimum atomic E-state index is -0.201. The third kappa shape index (κ3) is 6.14. The summed E-state index contributed by atoms with van der Waals surface area (Å²) in [4.78, 5) is 15.8. The largest absolute Gasteiger partial charge is 0.494 e. The Morgan fingerprint density at radius 3 is 2.56 bits per heavy atom. The van der Waals surface area contributed by atoms with Gasteiger partial charge in [-0.15, -0.1) is 0 Å². The Hall–Kier alpha value is -2.80. The van der Waals surface area contributed by atoms with Gasteiger partial charge in [0.15, 0.2) is 0 Å². The molecule has 0 aliphatic rings. The van der Waals surface area contributed by atoms with Gasteiger partial charge in [0.1, 0.15) is 5.75 Å². The second-order valence-electron chi connectivity index (χ2n) is 5.91. The van der Waals surface area contributed by atoms with Crippen molar-refractivity contribution in [1.29, 1.82) is 0 Å². The highest BCUT2D eigenvalue weighted by molar-refractivity contribution is 9.10. The SMILES string of the molecule is O=C(NCCCCOc1ccc(-n2ccnc2)cc1)Nc1ccc(Br)cc1. The topological polar surface area (TPSA) is 68.2 Å². The highest BCUT2D eigenvalue weighted by Gasteiger charge is 2.01. The molecule has 0 saturated heterocycles. The van der Waals surface area contributed by atoms with Gasteiger partial charge in [-0.1, -0.05) is 15.9 Å². The number of unbranched alkanes of at least 4 members (excludes halogenated alkanes) is 1. The summed E-state index contributed by atoms with van der Waals surface area (Å²) in [6.07, 6.45) is 7.12. The Morgan fingerprint density at radius 2 is 1.85 bits per heavy atom. The molecule has 3 rings (SSSR count). The van der Waals surface area contributed by atoms with Gasteiger partial charge in [-0.25, -0.2) is 9.78 Å². The number of benzene rings is 2. The molecule has 6 nitrogen and oxygen atoms in total. The first-order valence-corrected chi connectivity index (χ1v) is 9.51. The lowest BCUT2D eigenvalue weighted by Crippen LogP contribution is -2.29. The Balaban J connectivity index is 1.29. The molecule has 0 radical (unpaired) electrons. The molecule has 140 valence electrons. The molecule has 2 N–H and O–H groups in total. The number of nitrogens with one attached hydrogen (secondary N) is 2. The lowest BCUT2D eigenvalue weighted by molar-refractivity contribution is 0.251. The summed E-state index contributed by atoms with van der Waals surface area (Å²) in [5.74, 6) is 0.833. The second kappa shape index (κ2) is 9.78. The number of carbonyl (C=O) groups excluding carboxylic acids is 1. The molecule has 27 heavy (non-hydrogen) atoms. The quantitative estimate of drug-likeness (QED) is 0.514. The van der Waals surface area contributed by atoms with E-state index in [2.05, 4.69) is 31.5 Å². The molecule has 2 amide bonds. The third-order valence-corrected chi connectivity index (χ3v) is 4.40. The van der Waals surface area contributed by atoms with Crippen LogP contribution in [0.4, 0.5) is 10.5 Å². The van der Waals surface area contributed by atoms with Gasteiger partial charge in [-0.2, -0.15) is 0 Å². The molecule has 1 aromatic heterocycles. The summed E-state index contributed by atoms with van der Waals surface area (Å²) >= 11 is 3.36. The number of imidazole rings is 1. The van der Waals surface area contributed by atoms with Gasteiger partial charge >= 0.3 is 6.03 Å². The van der Waals surface area contributed by atoms with Crippen molar-refractivity contribution in [2.75, 3.05) is 18.5 Å². The van der Waals surface area contributed by atoms with Crippen LogP contribution >= 0.6 is 15.9 Å². The highest BCUT2D eigenvalue weighted by atomic mass is 79.9. The van der Waals surface area contributed by atoms with E-state index in [-0.39, 0.29) is 6.03 Å². The first-order chi connectivity index (χ1) is 13.2. The molecule has 0 atom stereocenters. The molecule has 7 heteroatoms. The average molecular weight is 429 g/mol. The maximum Gasteiger partial charge on any atom is 0.319 e. The monoisotopic (exact) mass is 428 g/mol. The molecule has 1 heterocycles. The smallest absolute Gasteiger partial charge is 0.319 e. The van der Waals surface area contributed by atoms with Gasteiger partial charge in [0.05, 0.1) is 12.9 Å². The average Bonchev–Trinajstić information content (AvgIpc) is 3.22. The van der Waals surface area contributed by atoms with Crippen molar-refractivity contribution in [2.24, 2.45) is 0 Å². The van der Waals surface area contributed by atoms with Crippen molar-refractivity contribution in [2.45, 2.75) is 12.8 Å². The Kier molecular flexibility index (Phi) is 6.87. The first-order valence-electron chi connectivity index (χ1n) is 8.72. The van der Waals surface area contributed by atoms with Gasteiger partial charge in [-0.05, 0) is 61.4 Å². The van der Waals surface area contributed by atoms with Gasteiger partial charge in [-0.3, -0.25) is 0 Å². The summed E-state index contributed by atoms with van der Waals surface area (Å²) in [7, 11) is 0. The summed E-state index contributed by atoms with van der Waals surface area (Å²) in [6.45, 7) is 1.21. The van der Waals surface area contributed by atoms with Crippen molar-refractivity contribution in [1.82, 2.24) is 14.9 Å². The van der Waals surface area contributed by atoms with E-state index in [4.69, 9.17) is 4.74 Å². The van der Waals surface area contributed by atoms with Crippen LogP contribution in [0.2, 0.25) is 0 Å². The summed E-state index contributed by atoms with van der Waals surface area (Å²) in [6, 6.07) is 15.1. The van der Waals surface area contributed by atoms with Crippen LogP contribution in [0.25, 0.3) is 5.69 Å². The van der Waals surface area contributed by atoms with Gasteiger partial charge in [0.25, 0.3) is 0 Å². The number of anilines is 1. The fraction of sp³-hybridized carbons (Fsp3) is 0.200. The van der Waals surface area contributed by atoms with Crippen LogP contribution in [0.1, 0.15) is 12.8 Å². The Labute approximate surface area is 166 Å². The number of rotatable bonds is 8. The summed E-state index contributed by atoms with van der Waals surface area (Å²) in [5, 5.41) is 5.64. The van der Waals surface area contributed by atoms with Crippen LogP contribution in [0.5, 0.6) is 5.75 Å². The normalized spacial score (nSPS) is 10.4. The third-order valence-electron chi connectivity index (χ3n) is 3.87. The van der Waals surface area contributed by atoms with E-state index in [1.54, 1.807) is 12.5 Å². The minimum Gasteiger partial charge on any atom is -0.494 e. The van der Waals surface area contributed by atoms with Crippen LogP contribution in [-0.2, 0) is 0 Å². The van der Waals surface area contributed by atoms with Crippen molar-refractivity contribution in [3.63, 3.8) is 0 Å². The van der Waals surface area contributed by atoms with E-state index in [1.165, 1.54) is 0 Å². The molecule has 2 aromatic carbocycles. The van der Waals surface area contributed by atoms with Crippen LogP contribution < -0.4 is 15.4 Å². The zero-order valence-corrected chi connectivity index (χ0v) is 16.4. The van der Waals surface area contributed by atoms with Gasteiger partial charge < -0.3 is 19.9 Å². The fourth-order valence-corrected chi connectivity index (χ4v) is 2.72. The van der Waals surface area contributed by atoms with Crippen LogP contribution in [0.15, 0.2) is 71.7 Å². The molecule has 0 aliphatic carbocycles. The molecule has 0 fully saturated rings. The molecule has 0 aliphatic heterocycles. The molecule has 0 unspecified atom stereocenters. The van der Waals surface area contributed by atoms with E-state index in [0.717, 1.165) is 34.4 Å². The number of nitrogens with zero attached hydrogens (tertiary/aromatic N) is 2. The fourth-order valence-electron chi connectivity index (χ4n) is 2.45. The number of urea groups is 1. The molecule has 3 aromatic rings. The maximum atomic E-state index is 11.8. The number of ether oxygens (including phenoxy) is 1. The Bertz CT molecular complexity index is 833. The maximum absolute atomic E-state index is 11.8. The predicted octanol–water partition coefficient (Wildman–Crippen LogP) is 4.62. The van der Waals surface area contributed by atoms with E-state index in [1.807, 2.05) is 59.3 Å². The van der Waals surface area contributed by atoms with E-state index >= 15 is 0 Å². The number of hydrogen-bond donors (Lipinski definition) is 2. The minimum absolute atomic E-state index is 0.201. The molecular formula is C20H21BrN4O2. The first kappa shape index (κ1) is 19.0. The van der Waals surface area contributed by atoms with Gasteiger partial charge in [0, 0.05) is 34.8 Å². The van der Waals surface area contributed by atoms with Crippen molar-refractivity contribution in [3.8, 4) is 11.4 Å². The molecular weight excluding hydrogens is 408 g/mol. The standard InChI is InChI=1S/C20H21BrN4O2/c21-16-3-5-17(6-4-16)24-20(26)23-11-1-2-14-27-19-9-7-18(8-10-19)25-13-12-22-15-25/h3-10,12-13,15H,1-2,11,14H2,(H2,23,24,26). The van der Waals surface area contributed by atoms with E-state index < -0.39 is 0 Å². The Morgan fingerprint density at radius 1 is 1.07 bits per heavy atom. The van der Waals surface area contributed by atoms with E-state index in [9.17, 15) is 4.79 Å². The molecule has 0 saturated carbocycles. The lowest BCUT2D eigenvalue weighted by atomic mass is 10.3. The van der Waals surface area contributed by atoms with Crippen LogP contribution in [0, 0.1) is 0 Å². The second-order valence-corrected chi connectivity index (χ2v) is 6.82. The number of hydrogen-bond acceptors (Lipinski definition) is 3. The summed E-state index contributed by atoms with van der Waals surface area (Å²) in [5.41, 5.74) is 1.80. The zero-order chi connectivity index (χ0) is 18.9. The van der Waals surface area contributed by atoms with Gasteiger partial charge in [0.2, 0.25) is 0 Å². The summed E-state index contributed by atoms with van der Waals surface area (Å²) < 4.78 is 8.65. The van der Waals surface area contributed by atoms with Crippen molar-refractivity contribution < 1.29 is 9.53 Å². The number of carbonyl (C=O) groups is 1. The lowest BCUT2D eigenvalue weighted by Gasteiger charge is -2.09. The van der Waals surface area contributed by atoms with Crippen molar-refractivity contribution in [3.05, 3.63) is 71.7 Å². The molecule has 0 bridgehead atoms. The predicted molar refractivity (Wildman–Crippen MR) is 109 cm³/mol. The van der Waals surface area contributed by atoms with Crippen molar-refractivity contribution >= 4 is 27.6 Å². The molecule has 0 spiro atoms.